The van der Waals surface area contributed by atoms with Gasteiger partial charge in [-0.3, -0.25) is 0 Å². The molecule has 5 nitrogen and oxygen atoms in total. The Hall–Kier alpha value is -0.850. The van der Waals surface area contributed by atoms with Crippen molar-refractivity contribution in [2.45, 2.75) is 18.3 Å². The lowest BCUT2D eigenvalue weighted by Gasteiger charge is -2.13. The van der Waals surface area contributed by atoms with E-state index in [1.165, 1.54) is 6.20 Å². The molecular formula is C11H11Cl2N3O2S. The summed E-state index contributed by atoms with van der Waals surface area (Å²) in [6.07, 6.45) is 2.10. The molecule has 0 aliphatic carbocycles. The molecule has 1 atom stereocenters. The molecule has 1 aliphatic rings. The molecule has 102 valence electrons. The van der Waals surface area contributed by atoms with Crippen molar-refractivity contribution in [3.05, 3.63) is 23.1 Å². The molecule has 2 aromatic heterocycles. The Kier molecular flexibility index (Phi) is 3.19. The molecule has 0 N–H and O–H groups in total. The molecule has 1 fully saturated rings. The third-order valence-corrected chi connectivity index (χ3v) is 5.46. The Morgan fingerprint density at radius 2 is 2.26 bits per heavy atom. The van der Waals surface area contributed by atoms with Crippen molar-refractivity contribution in [3.63, 3.8) is 0 Å². The van der Waals surface area contributed by atoms with Gasteiger partial charge < -0.3 is 4.57 Å². The first kappa shape index (κ1) is 13.1. The molecule has 1 saturated heterocycles. The van der Waals surface area contributed by atoms with E-state index in [0.717, 1.165) is 0 Å². The summed E-state index contributed by atoms with van der Waals surface area (Å²) in [5.74, 6) is 1.16. The van der Waals surface area contributed by atoms with Crippen LogP contribution >= 0.6 is 23.2 Å². The second kappa shape index (κ2) is 4.61. The molecule has 3 heterocycles. The van der Waals surface area contributed by atoms with Gasteiger partial charge in [0.25, 0.3) is 0 Å². The summed E-state index contributed by atoms with van der Waals surface area (Å²) < 4.78 is 25.1. The molecule has 0 spiro atoms. The first-order valence-electron chi connectivity index (χ1n) is 5.79. The van der Waals surface area contributed by atoms with Crippen LogP contribution in [0.3, 0.4) is 0 Å². The highest BCUT2D eigenvalue weighted by Gasteiger charge is 2.31. The zero-order valence-corrected chi connectivity index (χ0v) is 12.2. The van der Waals surface area contributed by atoms with Gasteiger partial charge in [0, 0.05) is 6.20 Å². The van der Waals surface area contributed by atoms with E-state index in [-0.39, 0.29) is 23.4 Å². The molecule has 0 aromatic carbocycles. The van der Waals surface area contributed by atoms with Crippen LogP contribution in [-0.2, 0) is 15.7 Å². The van der Waals surface area contributed by atoms with Crippen LogP contribution in [0.25, 0.3) is 11.2 Å². The highest BCUT2D eigenvalue weighted by atomic mass is 35.5. The standard InChI is InChI=1S/C11H11Cl2N3O2S/c12-4-10-15-9-3-7(13)5-14-11(9)16(10)8-1-2-19(17,18)6-8/h3,5,8H,1-2,4,6H2. The normalized spacial score (nSPS) is 22.1. The number of aromatic nitrogens is 3. The fourth-order valence-electron chi connectivity index (χ4n) is 2.46. The minimum atomic E-state index is -2.97. The van der Waals surface area contributed by atoms with Gasteiger partial charge in [-0.05, 0) is 12.5 Å². The number of fused-ring (bicyclic) bond motifs is 1. The maximum absolute atomic E-state index is 11.6. The summed E-state index contributed by atoms with van der Waals surface area (Å²) in [4.78, 5) is 8.63. The first-order chi connectivity index (χ1) is 9.00. The van der Waals surface area contributed by atoms with Crippen molar-refractivity contribution in [1.29, 1.82) is 0 Å². The monoisotopic (exact) mass is 319 g/mol. The van der Waals surface area contributed by atoms with E-state index in [0.29, 0.717) is 28.4 Å². The van der Waals surface area contributed by atoms with Gasteiger partial charge in [0.15, 0.2) is 15.5 Å². The fourth-order valence-corrected chi connectivity index (χ4v) is 4.50. The van der Waals surface area contributed by atoms with Crippen molar-refractivity contribution >= 4 is 44.2 Å². The van der Waals surface area contributed by atoms with Crippen molar-refractivity contribution in [2.75, 3.05) is 11.5 Å². The van der Waals surface area contributed by atoms with Crippen LogP contribution in [0.5, 0.6) is 0 Å². The molecule has 19 heavy (non-hydrogen) atoms. The number of alkyl halides is 1. The van der Waals surface area contributed by atoms with Gasteiger partial charge in [0.05, 0.1) is 28.5 Å². The molecule has 0 amide bonds. The summed E-state index contributed by atoms with van der Waals surface area (Å²) in [5.41, 5.74) is 1.29. The number of sulfone groups is 1. The van der Waals surface area contributed by atoms with Gasteiger partial charge in [-0.25, -0.2) is 18.4 Å². The third kappa shape index (κ3) is 2.32. The molecule has 3 rings (SSSR count). The Balaban J connectivity index is 2.16. The van der Waals surface area contributed by atoms with E-state index in [9.17, 15) is 8.42 Å². The van der Waals surface area contributed by atoms with Crippen LogP contribution in [0.1, 0.15) is 18.3 Å². The second-order valence-electron chi connectivity index (χ2n) is 4.58. The van der Waals surface area contributed by atoms with Crippen LogP contribution in [0, 0.1) is 0 Å². The zero-order valence-electron chi connectivity index (χ0n) is 9.88. The van der Waals surface area contributed by atoms with Crippen LogP contribution in [0.15, 0.2) is 12.3 Å². The predicted octanol–water partition coefficient (Wildman–Crippen LogP) is 2.18. The number of hydrogen-bond acceptors (Lipinski definition) is 4. The maximum atomic E-state index is 11.6. The van der Waals surface area contributed by atoms with E-state index in [4.69, 9.17) is 23.2 Å². The lowest BCUT2D eigenvalue weighted by Crippen LogP contribution is -2.13. The minimum Gasteiger partial charge on any atom is -0.308 e. The summed E-state index contributed by atoms with van der Waals surface area (Å²) in [6.45, 7) is 0. The average molecular weight is 320 g/mol. The van der Waals surface area contributed by atoms with Crippen molar-refractivity contribution < 1.29 is 8.42 Å². The van der Waals surface area contributed by atoms with E-state index >= 15 is 0 Å². The van der Waals surface area contributed by atoms with Gasteiger partial charge in [0.2, 0.25) is 0 Å². The third-order valence-electron chi connectivity index (χ3n) is 3.26. The summed E-state index contributed by atoms with van der Waals surface area (Å²) in [7, 11) is -2.97. The number of hydrogen-bond donors (Lipinski definition) is 0. The number of rotatable bonds is 2. The molecule has 1 unspecified atom stereocenters. The maximum Gasteiger partial charge on any atom is 0.160 e. The van der Waals surface area contributed by atoms with Gasteiger partial charge >= 0.3 is 0 Å². The largest absolute Gasteiger partial charge is 0.308 e. The topological polar surface area (TPSA) is 64.8 Å². The number of imidazole rings is 1. The van der Waals surface area contributed by atoms with E-state index < -0.39 is 9.84 Å². The molecule has 0 bridgehead atoms. The SMILES string of the molecule is O=S1(=O)CCC(n2c(CCl)nc3cc(Cl)cnc32)C1. The highest BCUT2D eigenvalue weighted by Crippen LogP contribution is 2.29. The summed E-state index contributed by atoms with van der Waals surface area (Å²) in [6, 6.07) is 1.57. The van der Waals surface area contributed by atoms with Crippen LogP contribution in [0.2, 0.25) is 5.02 Å². The molecule has 2 aromatic rings. The lowest BCUT2D eigenvalue weighted by molar-refractivity contribution is 0.550. The van der Waals surface area contributed by atoms with Crippen LogP contribution in [0.4, 0.5) is 0 Å². The van der Waals surface area contributed by atoms with Gasteiger partial charge in [0.1, 0.15) is 11.3 Å². The Bertz CT molecular complexity index is 742. The molecular weight excluding hydrogens is 309 g/mol. The molecule has 1 aliphatic heterocycles. The van der Waals surface area contributed by atoms with Crippen LogP contribution in [-0.4, -0.2) is 34.5 Å². The second-order valence-corrected chi connectivity index (χ2v) is 7.52. The van der Waals surface area contributed by atoms with Gasteiger partial charge in [-0.2, -0.15) is 0 Å². The summed E-state index contributed by atoms with van der Waals surface area (Å²) >= 11 is 11.8. The Morgan fingerprint density at radius 1 is 1.47 bits per heavy atom. The molecule has 0 saturated carbocycles. The molecule has 0 radical (unpaired) electrons. The van der Waals surface area contributed by atoms with Crippen molar-refractivity contribution in [2.24, 2.45) is 0 Å². The fraction of sp³-hybridized carbons (Fsp3) is 0.455. The summed E-state index contributed by atoms with van der Waals surface area (Å²) in [5, 5.41) is 0.498. The van der Waals surface area contributed by atoms with E-state index in [1.807, 2.05) is 4.57 Å². The number of pyridine rings is 1. The predicted molar refractivity (Wildman–Crippen MR) is 74.4 cm³/mol. The first-order valence-corrected chi connectivity index (χ1v) is 8.52. The van der Waals surface area contributed by atoms with Gasteiger partial charge in [-0.1, -0.05) is 11.6 Å². The highest BCUT2D eigenvalue weighted by molar-refractivity contribution is 7.91. The lowest BCUT2D eigenvalue weighted by atomic mass is 10.2. The Labute approximate surface area is 120 Å². The van der Waals surface area contributed by atoms with Gasteiger partial charge in [-0.15, -0.1) is 11.6 Å². The minimum absolute atomic E-state index is 0.118. The van der Waals surface area contributed by atoms with Crippen molar-refractivity contribution in [1.82, 2.24) is 14.5 Å². The van der Waals surface area contributed by atoms with Crippen molar-refractivity contribution in [3.8, 4) is 0 Å². The quantitative estimate of drug-likeness (QED) is 0.796. The van der Waals surface area contributed by atoms with Crippen LogP contribution < -0.4 is 0 Å². The number of nitrogens with zero attached hydrogens (tertiary/aromatic N) is 3. The Morgan fingerprint density at radius 3 is 2.89 bits per heavy atom. The van der Waals surface area contributed by atoms with E-state index in [1.54, 1.807) is 6.07 Å². The van der Waals surface area contributed by atoms with E-state index in [2.05, 4.69) is 9.97 Å². The zero-order chi connectivity index (χ0) is 13.6. The smallest absolute Gasteiger partial charge is 0.160 e. The molecule has 8 heteroatoms. The average Bonchev–Trinajstić information content (AvgIpc) is 2.88. The number of halogens is 2.